The summed E-state index contributed by atoms with van der Waals surface area (Å²) in [6.07, 6.45) is -4.07. The first-order chi connectivity index (χ1) is 14.6. The van der Waals surface area contributed by atoms with E-state index in [1.807, 2.05) is 0 Å². The zero-order valence-corrected chi connectivity index (χ0v) is 18.5. The molecule has 0 N–H and O–H groups in total. The average Bonchev–Trinajstić information content (AvgIpc) is 3.46. The zero-order chi connectivity index (χ0) is 22.8. The van der Waals surface area contributed by atoms with E-state index in [0.717, 1.165) is 12.8 Å². The Morgan fingerprint density at radius 3 is 2.65 bits per heavy atom. The number of aryl methyl sites for hydroxylation is 1. The van der Waals surface area contributed by atoms with Crippen molar-refractivity contribution in [2.24, 2.45) is 5.92 Å². The molecule has 1 atom stereocenters. The molecule has 31 heavy (non-hydrogen) atoms. The second-order valence-electron chi connectivity index (χ2n) is 7.24. The third kappa shape index (κ3) is 5.70. The minimum atomic E-state index is -4.71. The van der Waals surface area contributed by atoms with Crippen LogP contribution in [0.4, 0.5) is 13.2 Å². The third-order valence-corrected chi connectivity index (χ3v) is 5.84. The molecule has 1 aromatic heterocycles. The SMILES string of the molecule is CCOC(=O)[C@H](CC(F)(F)F)[N+](=S=S)C(=O)c1c(C)oc2ccc(OCC3CC3)cc12. The molecular formula is C20H21F3NO5S2+. The molecule has 1 fully saturated rings. The quantitative estimate of drug-likeness (QED) is 0.418. The molecule has 2 aromatic rings. The molecule has 3 rings (SSSR count). The van der Waals surface area contributed by atoms with Crippen molar-refractivity contribution >= 4 is 44.2 Å². The van der Waals surface area contributed by atoms with Crippen LogP contribution in [0.5, 0.6) is 5.75 Å². The lowest BCUT2D eigenvalue weighted by Gasteiger charge is -2.13. The summed E-state index contributed by atoms with van der Waals surface area (Å²) in [5.74, 6) is -0.808. The standard InChI is InChI=1S/C20H21F3NO5S2/c1-3-27-19(26)15(9-20(21,22)23)24(31-30)18(25)17-11(2)29-16-7-6-13(8-14(16)17)28-10-12-4-5-12/h6-8,12,15H,3-5,9-10H2,1-2H3/q+1/t15-/m0/s1. The van der Waals surface area contributed by atoms with Crippen LogP contribution in [0.15, 0.2) is 22.6 Å². The van der Waals surface area contributed by atoms with Crippen LogP contribution in [0.1, 0.15) is 42.3 Å². The molecule has 1 aliphatic carbocycles. The second-order valence-corrected chi connectivity index (χ2v) is 8.23. The van der Waals surface area contributed by atoms with Gasteiger partial charge in [0.25, 0.3) is 6.04 Å². The molecule has 0 unspecified atom stereocenters. The van der Waals surface area contributed by atoms with Crippen LogP contribution in [0, 0.1) is 12.8 Å². The predicted octanol–water partition coefficient (Wildman–Crippen LogP) is 4.29. The molecule has 1 amide bonds. The maximum absolute atomic E-state index is 13.3. The van der Waals surface area contributed by atoms with Gasteiger partial charge in [-0.1, -0.05) is 3.95 Å². The Kier molecular flexibility index (Phi) is 7.15. The van der Waals surface area contributed by atoms with E-state index < -0.39 is 30.5 Å². The number of ether oxygens (including phenoxy) is 2. The van der Waals surface area contributed by atoms with Crippen LogP contribution in [0.2, 0.25) is 0 Å². The number of carbonyl (C=O) groups is 2. The molecule has 0 aliphatic heterocycles. The van der Waals surface area contributed by atoms with Gasteiger partial charge in [0.2, 0.25) is 10.1 Å². The van der Waals surface area contributed by atoms with Crippen molar-refractivity contribution in [3.05, 3.63) is 29.5 Å². The summed E-state index contributed by atoms with van der Waals surface area (Å²) >= 11 is 4.85. The van der Waals surface area contributed by atoms with E-state index >= 15 is 0 Å². The monoisotopic (exact) mass is 476 g/mol. The number of alkyl halides is 3. The Morgan fingerprint density at radius 1 is 1.35 bits per heavy atom. The van der Waals surface area contributed by atoms with Crippen LogP contribution in [-0.2, 0) is 30.8 Å². The van der Waals surface area contributed by atoms with Gasteiger partial charge in [0, 0.05) is 5.39 Å². The summed E-state index contributed by atoms with van der Waals surface area (Å²) in [6.45, 7) is 3.41. The molecule has 1 aliphatic rings. The number of halogens is 3. The molecule has 0 saturated heterocycles. The van der Waals surface area contributed by atoms with Crippen molar-refractivity contribution in [3.8, 4) is 5.75 Å². The minimum Gasteiger partial charge on any atom is -0.493 e. The van der Waals surface area contributed by atoms with E-state index in [-0.39, 0.29) is 17.9 Å². The summed E-state index contributed by atoms with van der Waals surface area (Å²) < 4.78 is 56.1. The fourth-order valence-corrected chi connectivity index (χ4v) is 4.05. The van der Waals surface area contributed by atoms with Gasteiger partial charge in [-0.2, -0.15) is 13.2 Å². The Labute approximate surface area is 184 Å². The van der Waals surface area contributed by atoms with E-state index in [1.54, 1.807) is 18.2 Å². The number of rotatable bonds is 8. The molecule has 0 radical (unpaired) electrons. The highest BCUT2D eigenvalue weighted by Gasteiger charge is 2.47. The molecule has 0 spiro atoms. The largest absolute Gasteiger partial charge is 0.493 e. The molecule has 168 valence electrons. The highest BCUT2D eigenvalue weighted by atomic mass is 32.8. The first-order valence-electron chi connectivity index (χ1n) is 9.67. The lowest BCUT2D eigenvalue weighted by atomic mass is 10.1. The Bertz CT molecular complexity index is 1050. The van der Waals surface area contributed by atoms with Gasteiger partial charge in [-0.05, 0) is 50.8 Å². The van der Waals surface area contributed by atoms with Gasteiger partial charge in [0.1, 0.15) is 29.1 Å². The van der Waals surface area contributed by atoms with E-state index in [9.17, 15) is 22.8 Å². The van der Waals surface area contributed by atoms with Crippen LogP contribution in [0.3, 0.4) is 0 Å². The number of esters is 1. The highest BCUT2D eigenvalue weighted by Crippen LogP contribution is 2.33. The first-order valence-corrected chi connectivity index (χ1v) is 11.4. The van der Waals surface area contributed by atoms with Crippen LogP contribution in [0.25, 0.3) is 11.0 Å². The lowest BCUT2D eigenvalue weighted by Crippen LogP contribution is -2.41. The molecule has 0 bridgehead atoms. The zero-order valence-electron chi connectivity index (χ0n) is 16.9. The first kappa shape index (κ1) is 23.4. The van der Waals surface area contributed by atoms with Gasteiger partial charge in [-0.25, -0.2) is 9.59 Å². The van der Waals surface area contributed by atoms with Crippen molar-refractivity contribution < 1.29 is 40.6 Å². The molecule has 1 aromatic carbocycles. The third-order valence-electron chi connectivity index (χ3n) is 4.78. The average molecular weight is 477 g/mol. The number of hydrogen-bond acceptors (Lipinski definition) is 6. The molecule has 1 heterocycles. The molecular weight excluding hydrogens is 455 g/mol. The number of nitrogens with zero attached hydrogens (tertiary/aromatic N) is 1. The Morgan fingerprint density at radius 2 is 2.06 bits per heavy atom. The summed E-state index contributed by atoms with van der Waals surface area (Å²) in [4.78, 5) is 25.5. The van der Waals surface area contributed by atoms with Crippen LogP contribution >= 0.6 is 0 Å². The Balaban J connectivity index is 1.99. The van der Waals surface area contributed by atoms with Gasteiger partial charge in [0.05, 0.1) is 24.4 Å². The summed E-state index contributed by atoms with van der Waals surface area (Å²) in [5.41, 5.74) is 0.401. The molecule has 6 nitrogen and oxygen atoms in total. The van der Waals surface area contributed by atoms with E-state index in [0.29, 0.717) is 43.3 Å². The van der Waals surface area contributed by atoms with Gasteiger partial charge in [-0.15, -0.1) is 0 Å². The summed E-state index contributed by atoms with van der Waals surface area (Å²) in [5, 5.41) is 0.375. The second kappa shape index (κ2) is 9.47. The van der Waals surface area contributed by atoms with Gasteiger partial charge < -0.3 is 13.9 Å². The normalized spacial score (nSPS) is 14.9. The smallest absolute Gasteiger partial charge is 0.438 e. The van der Waals surface area contributed by atoms with Crippen LogP contribution < -0.4 is 4.74 Å². The van der Waals surface area contributed by atoms with Gasteiger partial charge >= 0.3 is 18.1 Å². The maximum Gasteiger partial charge on any atom is 0.438 e. The topological polar surface area (TPSA) is 68.8 Å². The highest BCUT2D eigenvalue weighted by molar-refractivity contribution is 8.11. The number of fused-ring (bicyclic) bond motifs is 1. The number of hydrogen-bond donors (Lipinski definition) is 0. The number of amides is 1. The number of carbonyl (C=O) groups excluding carboxylic acids is 2. The summed E-state index contributed by atoms with van der Waals surface area (Å²) in [6, 6.07) is 3.02. The van der Waals surface area contributed by atoms with Crippen molar-refractivity contribution in [3.63, 3.8) is 0 Å². The number of furan rings is 1. The fraction of sp³-hybridized carbons (Fsp3) is 0.500. The van der Waals surface area contributed by atoms with Crippen molar-refractivity contribution in [1.29, 1.82) is 0 Å². The maximum atomic E-state index is 13.3. The van der Waals surface area contributed by atoms with Crippen molar-refractivity contribution in [2.45, 2.75) is 45.3 Å². The minimum absolute atomic E-state index is 0.0284. The summed E-state index contributed by atoms with van der Waals surface area (Å²) in [7, 11) is 0.317. The fourth-order valence-electron chi connectivity index (χ4n) is 3.11. The van der Waals surface area contributed by atoms with E-state index in [4.69, 9.17) is 25.1 Å². The lowest BCUT2D eigenvalue weighted by molar-refractivity contribution is -0.443. The van der Waals surface area contributed by atoms with E-state index in [1.165, 1.54) is 13.8 Å². The van der Waals surface area contributed by atoms with Gasteiger partial charge in [0.15, 0.2) is 0 Å². The predicted molar refractivity (Wildman–Crippen MR) is 110 cm³/mol. The van der Waals surface area contributed by atoms with Crippen LogP contribution in [-0.4, -0.2) is 41.3 Å². The van der Waals surface area contributed by atoms with Crippen molar-refractivity contribution in [1.82, 2.24) is 0 Å². The molecule has 11 heteroatoms. The van der Waals surface area contributed by atoms with Crippen molar-refractivity contribution in [2.75, 3.05) is 13.2 Å². The van der Waals surface area contributed by atoms with Gasteiger partial charge in [-0.3, -0.25) is 0 Å². The van der Waals surface area contributed by atoms with E-state index in [2.05, 4.69) is 0 Å². The Hall–Kier alpha value is -2.27. The number of benzene rings is 1. The molecule has 1 saturated carbocycles.